The zero-order valence-corrected chi connectivity index (χ0v) is 20.1. The zero-order chi connectivity index (χ0) is 23.7. The van der Waals surface area contributed by atoms with Crippen molar-refractivity contribution in [2.45, 2.75) is 62.8 Å². The number of rotatable bonds is 3. The highest BCUT2D eigenvalue weighted by Gasteiger charge is 2.43. The number of likely N-dealkylation sites (tertiary alicyclic amines) is 1. The number of benzene rings is 1. The van der Waals surface area contributed by atoms with Gasteiger partial charge in [0.25, 0.3) is 0 Å². The number of piperazine rings is 1. The third-order valence-electron chi connectivity index (χ3n) is 7.95. The zero-order valence-electron chi connectivity index (χ0n) is 20.1. The molecule has 4 amide bonds. The van der Waals surface area contributed by atoms with E-state index in [1.807, 2.05) is 26.8 Å². The van der Waals surface area contributed by atoms with Crippen molar-refractivity contribution in [2.24, 2.45) is 0 Å². The Bertz CT molecular complexity index is 859. The van der Waals surface area contributed by atoms with Crippen molar-refractivity contribution in [1.29, 1.82) is 0 Å². The first kappa shape index (κ1) is 23.1. The molecule has 186 valence electrons. The van der Waals surface area contributed by atoms with Gasteiger partial charge in [-0.05, 0) is 62.8 Å². The Hall–Kier alpha value is -2.68. The van der Waals surface area contributed by atoms with E-state index in [9.17, 15) is 14.7 Å². The van der Waals surface area contributed by atoms with Crippen molar-refractivity contribution in [3.63, 3.8) is 0 Å². The molecule has 4 aliphatic rings. The Morgan fingerprint density at radius 3 is 2.26 bits per heavy atom. The molecule has 4 fully saturated rings. The van der Waals surface area contributed by atoms with E-state index in [-0.39, 0.29) is 36.3 Å². The van der Waals surface area contributed by atoms with Crippen molar-refractivity contribution < 1.29 is 19.4 Å². The van der Waals surface area contributed by atoms with Gasteiger partial charge in [0.15, 0.2) is 0 Å². The molecule has 2 bridgehead atoms. The van der Waals surface area contributed by atoms with Crippen LogP contribution in [-0.4, -0.2) is 102 Å². The maximum Gasteiger partial charge on any atom is 0.320 e. The van der Waals surface area contributed by atoms with Crippen LogP contribution in [0.15, 0.2) is 24.3 Å². The quantitative estimate of drug-likeness (QED) is 0.705. The van der Waals surface area contributed by atoms with Gasteiger partial charge in [0, 0.05) is 63.1 Å². The Morgan fingerprint density at radius 1 is 0.941 bits per heavy atom. The summed E-state index contributed by atoms with van der Waals surface area (Å²) in [7, 11) is 1.67. The number of hydrogen-bond acceptors (Lipinski definition) is 5. The molecule has 2 unspecified atom stereocenters. The van der Waals surface area contributed by atoms with Gasteiger partial charge >= 0.3 is 12.1 Å². The summed E-state index contributed by atoms with van der Waals surface area (Å²) < 4.78 is 5.24. The average molecular weight is 472 g/mol. The summed E-state index contributed by atoms with van der Waals surface area (Å²) >= 11 is 0. The summed E-state index contributed by atoms with van der Waals surface area (Å²) in [6.07, 6.45) is 4.83. The molecule has 0 spiro atoms. The minimum absolute atomic E-state index is 0.0166. The SMILES string of the molecule is COc1ccc(N2CCN(C(=O)N3CCC[C@H](NC(=O)N4C5CCC4CC(O)C5)C3)CC2)cc1. The summed E-state index contributed by atoms with van der Waals surface area (Å²) in [6, 6.07) is 8.39. The number of aliphatic hydroxyl groups excluding tert-OH is 1. The topological polar surface area (TPSA) is 88.6 Å². The number of fused-ring (bicyclic) bond motifs is 2. The summed E-state index contributed by atoms with van der Waals surface area (Å²) in [5, 5.41) is 13.2. The lowest BCUT2D eigenvalue weighted by Gasteiger charge is -2.42. The third kappa shape index (κ3) is 4.76. The lowest BCUT2D eigenvalue weighted by molar-refractivity contribution is 0.0522. The molecule has 2 N–H and O–H groups in total. The number of carbonyl (C=O) groups is 2. The molecule has 1 aromatic rings. The van der Waals surface area contributed by atoms with Crippen LogP contribution in [0.2, 0.25) is 0 Å². The summed E-state index contributed by atoms with van der Waals surface area (Å²) in [5.74, 6) is 0.842. The number of nitrogens with zero attached hydrogens (tertiary/aromatic N) is 4. The molecule has 4 aliphatic heterocycles. The average Bonchev–Trinajstić information content (AvgIpc) is 3.15. The Balaban J connectivity index is 1.11. The van der Waals surface area contributed by atoms with Crippen molar-refractivity contribution in [2.75, 3.05) is 51.3 Å². The number of methoxy groups -OCH3 is 1. The van der Waals surface area contributed by atoms with Crippen molar-refractivity contribution in [1.82, 2.24) is 20.0 Å². The van der Waals surface area contributed by atoms with Gasteiger partial charge in [0.05, 0.1) is 13.2 Å². The molecular formula is C25H37N5O4. The van der Waals surface area contributed by atoms with Crippen LogP contribution in [0, 0.1) is 0 Å². The number of nitrogens with one attached hydrogen (secondary N) is 1. The Morgan fingerprint density at radius 2 is 1.62 bits per heavy atom. The van der Waals surface area contributed by atoms with E-state index in [1.54, 1.807) is 7.11 Å². The summed E-state index contributed by atoms with van der Waals surface area (Å²) in [6.45, 7) is 4.29. The number of ether oxygens (including phenoxy) is 1. The van der Waals surface area contributed by atoms with Gasteiger partial charge in [-0.15, -0.1) is 0 Å². The minimum Gasteiger partial charge on any atom is -0.497 e. The van der Waals surface area contributed by atoms with Crippen LogP contribution in [0.25, 0.3) is 0 Å². The van der Waals surface area contributed by atoms with Crippen LogP contribution < -0.4 is 15.0 Å². The number of carbonyl (C=O) groups excluding carboxylic acids is 2. The van der Waals surface area contributed by atoms with Crippen LogP contribution in [0.1, 0.15) is 38.5 Å². The molecule has 3 atom stereocenters. The standard InChI is InChI=1S/C25H37N5O4/c1-34-23-8-6-19(7-9-23)27-11-13-28(14-12-27)25(33)29-10-2-3-18(17-29)26-24(32)30-20-4-5-21(30)16-22(31)15-20/h6-9,18,20-22,31H,2-5,10-17H2,1H3,(H,26,32)/t18-,20?,21?,22?/m0/s1. The van der Waals surface area contributed by atoms with E-state index in [4.69, 9.17) is 4.74 Å². The molecule has 9 heteroatoms. The van der Waals surface area contributed by atoms with E-state index in [2.05, 4.69) is 22.3 Å². The van der Waals surface area contributed by atoms with Gasteiger partial charge in [-0.3, -0.25) is 0 Å². The molecule has 0 radical (unpaired) electrons. The molecule has 34 heavy (non-hydrogen) atoms. The van der Waals surface area contributed by atoms with Gasteiger partial charge in [0.2, 0.25) is 0 Å². The second-order valence-electron chi connectivity index (χ2n) is 10.1. The van der Waals surface area contributed by atoms with E-state index in [0.29, 0.717) is 32.5 Å². The van der Waals surface area contributed by atoms with Gasteiger partial charge < -0.3 is 34.8 Å². The van der Waals surface area contributed by atoms with E-state index in [0.717, 1.165) is 56.8 Å². The fourth-order valence-electron chi connectivity index (χ4n) is 6.15. The normalized spacial score (nSPS) is 29.2. The molecule has 5 rings (SSSR count). The highest BCUT2D eigenvalue weighted by atomic mass is 16.5. The number of amides is 4. The largest absolute Gasteiger partial charge is 0.497 e. The van der Waals surface area contributed by atoms with E-state index >= 15 is 0 Å². The van der Waals surface area contributed by atoms with Crippen LogP contribution >= 0.6 is 0 Å². The summed E-state index contributed by atoms with van der Waals surface area (Å²) in [5.41, 5.74) is 1.15. The minimum atomic E-state index is -0.283. The number of aliphatic hydroxyl groups is 1. The molecular weight excluding hydrogens is 434 g/mol. The van der Waals surface area contributed by atoms with Gasteiger partial charge in [0.1, 0.15) is 5.75 Å². The molecule has 4 heterocycles. The molecule has 0 saturated carbocycles. The Labute approximate surface area is 201 Å². The van der Waals surface area contributed by atoms with Crippen LogP contribution in [0.5, 0.6) is 5.75 Å². The van der Waals surface area contributed by atoms with E-state index < -0.39 is 0 Å². The summed E-state index contributed by atoms with van der Waals surface area (Å²) in [4.78, 5) is 34.4. The van der Waals surface area contributed by atoms with Crippen LogP contribution in [0.4, 0.5) is 15.3 Å². The molecule has 1 aromatic carbocycles. The molecule has 9 nitrogen and oxygen atoms in total. The molecule has 4 saturated heterocycles. The number of piperidine rings is 2. The van der Waals surface area contributed by atoms with E-state index in [1.165, 1.54) is 0 Å². The highest BCUT2D eigenvalue weighted by Crippen LogP contribution is 2.35. The first-order chi connectivity index (χ1) is 16.5. The van der Waals surface area contributed by atoms with Gasteiger partial charge in [-0.1, -0.05) is 0 Å². The van der Waals surface area contributed by atoms with Gasteiger partial charge in [-0.2, -0.15) is 0 Å². The first-order valence-electron chi connectivity index (χ1n) is 12.7. The third-order valence-corrected chi connectivity index (χ3v) is 7.95. The predicted octanol–water partition coefficient (Wildman–Crippen LogP) is 2.10. The maximum absolute atomic E-state index is 13.2. The van der Waals surface area contributed by atoms with Crippen LogP contribution in [0.3, 0.4) is 0 Å². The van der Waals surface area contributed by atoms with Gasteiger partial charge in [-0.25, -0.2) is 9.59 Å². The van der Waals surface area contributed by atoms with Crippen molar-refractivity contribution >= 4 is 17.7 Å². The lowest BCUT2D eigenvalue weighted by atomic mass is 10.0. The fraction of sp³-hybridized carbons (Fsp3) is 0.680. The first-order valence-corrected chi connectivity index (χ1v) is 12.7. The fourth-order valence-corrected chi connectivity index (χ4v) is 6.15. The lowest BCUT2D eigenvalue weighted by Crippen LogP contribution is -2.59. The predicted molar refractivity (Wildman–Crippen MR) is 129 cm³/mol. The highest BCUT2D eigenvalue weighted by molar-refractivity contribution is 5.77. The second-order valence-corrected chi connectivity index (χ2v) is 10.1. The Kier molecular flexibility index (Phi) is 6.72. The number of urea groups is 2. The molecule has 0 aliphatic carbocycles. The van der Waals surface area contributed by atoms with Crippen molar-refractivity contribution in [3.05, 3.63) is 24.3 Å². The number of hydrogen-bond donors (Lipinski definition) is 2. The van der Waals surface area contributed by atoms with Crippen molar-refractivity contribution in [3.8, 4) is 5.75 Å². The second kappa shape index (κ2) is 9.90. The monoisotopic (exact) mass is 471 g/mol. The number of anilines is 1. The maximum atomic E-state index is 13.2. The van der Waals surface area contributed by atoms with Crippen LogP contribution in [-0.2, 0) is 0 Å². The molecule has 0 aromatic heterocycles. The smallest absolute Gasteiger partial charge is 0.320 e.